The molecule has 182 valence electrons. The molecule has 7 nitrogen and oxygen atoms in total. The third-order valence-corrected chi connectivity index (χ3v) is 6.31. The van der Waals surface area contributed by atoms with Crippen molar-refractivity contribution >= 4 is 29.9 Å². The van der Waals surface area contributed by atoms with E-state index in [0.717, 1.165) is 57.6 Å². The van der Waals surface area contributed by atoms with Crippen LogP contribution in [0, 0.1) is 5.92 Å². The van der Waals surface area contributed by atoms with Crippen molar-refractivity contribution in [1.29, 1.82) is 0 Å². The summed E-state index contributed by atoms with van der Waals surface area (Å²) < 4.78 is 10.9. The SMILES string of the molecule is CN=C(NCC(C)CN1CCCCC1)NCC(c1ccc(OC)cc1)N1CCOCC1.I. The predicted molar refractivity (Wildman–Crippen MR) is 142 cm³/mol. The largest absolute Gasteiger partial charge is 0.497 e. The number of halogens is 1. The maximum Gasteiger partial charge on any atom is 0.191 e. The van der Waals surface area contributed by atoms with Gasteiger partial charge in [0.25, 0.3) is 0 Å². The number of nitrogens with one attached hydrogen (secondary N) is 2. The van der Waals surface area contributed by atoms with Crippen molar-refractivity contribution in [2.24, 2.45) is 10.9 Å². The van der Waals surface area contributed by atoms with Crippen molar-refractivity contribution in [1.82, 2.24) is 20.4 Å². The first-order valence-electron chi connectivity index (χ1n) is 11.8. The molecule has 0 aromatic heterocycles. The topological polar surface area (TPSA) is 61.4 Å². The summed E-state index contributed by atoms with van der Waals surface area (Å²) in [7, 11) is 3.56. The smallest absolute Gasteiger partial charge is 0.191 e. The van der Waals surface area contributed by atoms with Gasteiger partial charge in [-0.25, -0.2) is 0 Å². The molecule has 2 fully saturated rings. The number of likely N-dealkylation sites (tertiary alicyclic amines) is 1. The molecule has 2 unspecified atom stereocenters. The molecule has 0 amide bonds. The summed E-state index contributed by atoms with van der Waals surface area (Å²) in [4.78, 5) is 9.55. The second kappa shape index (κ2) is 14.9. The summed E-state index contributed by atoms with van der Waals surface area (Å²) in [5.41, 5.74) is 1.28. The summed E-state index contributed by atoms with van der Waals surface area (Å²) in [5.74, 6) is 2.35. The number of rotatable bonds is 9. The van der Waals surface area contributed by atoms with Gasteiger partial charge < -0.3 is 25.0 Å². The van der Waals surface area contributed by atoms with E-state index in [1.54, 1.807) is 7.11 Å². The Bertz CT molecular complexity index is 661. The zero-order valence-electron chi connectivity index (χ0n) is 20.0. The predicted octanol–water partition coefficient (Wildman–Crippen LogP) is 2.97. The minimum Gasteiger partial charge on any atom is -0.497 e. The van der Waals surface area contributed by atoms with Gasteiger partial charge in [-0.3, -0.25) is 9.89 Å². The fraction of sp³-hybridized carbons (Fsp3) is 0.708. The number of piperidine rings is 1. The Morgan fingerprint density at radius 1 is 1.03 bits per heavy atom. The van der Waals surface area contributed by atoms with E-state index in [0.29, 0.717) is 5.92 Å². The summed E-state index contributed by atoms with van der Waals surface area (Å²) in [6.07, 6.45) is 4.08. The Labute approximate surface area is 211 Å². The Morgan fingerprint density at radius 2 is 1.69 bits per heavy atom. The van der Waals surface area contributed by atoms with Gasteiger partial charge >= 0.3 is 0 Å². The highest BCUT2D eigenvalue weighted by Crippen LogP contribution is 2.23. The number of methoxy groups -OCH3 is 1. The van der Waals surface area contributed by atoms with E-state index in [4.69, 9.17) is 9.47 Å². The van der Waals surface area contributed by atoms with E-state index in [-0.39, 0.29) is 30.0 Å². The molecule has 0 bridgehead atoms. The Morgan fingerprint density at radius 3 is 2.31 bits per heavy atom. The van der Waals surface area contributed by atoms with Gasteiger partial charge in [-0.1, -0.05) is 25.5 Å². The molecule has 1 aromatic rings. The molecule has 32 heavy (non-hydrogen) atoms. The average Bonchev–Trinajstić information content (AvgIpc) is 2.83. The second-order valence-corrected chi connectivity index (χ2v) is 8.74. The highest BCUT2D eigenvalue weighted by Gasteiger charge is 2.23. The molecule has 2 aliphatic rings. The molecule has 2 N–H and O–H groups in total. The number of aliphatic imine (C=N–C) groups is 1. The van der Waals surface area contributed by atoms with Crippen molar-refractivity contribution < 1.29 is 9.47 Å². The lowest BCUT2D eigenvalue weighted by molar-refractivity contribution is 0.0170. The highest BCUT2D eigenvalue weighted by molar-refractivity contribution is 14.0. The summed E-state index contributed by atoms with van der Waals surface area (Å²) in [6.45, 7) is 11.2. The summed E-state index contributed by atoms with van der Waals surface area (Å²) in [6, 6.07) is 8.67. The van der Waals surface area contributed by atoms with Gasteiger partial charge in [0.05, 0.1) is 26.4 Å². The number of hydrogen-bond donors (Lipinski definition) is 2. The summed E-state index contributed by atoms with van der Waals surface area (Å²) in [5, 5.41) is 7.10. The average molecular weight is 560 g/mol. The normalized spacial score (nSPS) is 20.2. The first kappa shape index (κ1) is 27.1. The molecule has 2 aliphatic heterocycles. The molecule has 2 heterocycles. The molecule has 3 rings (SSSR count). The number of hydrogen-bond acceptors (Lipinski definition) is 5. The van der Waals surface area contributed by atoms with Gasteiger partial charge in [-0.15, -0.1) is 24.0 Å². The molecule has 1 aromatic carbocycles. The van der Waals surface area contributed by atoms with E-state index >= 15 is 0 Å². The van der Waals surface area contributed by atoms with Crippen LogP contribution in [0.2, 0.25) is 0 Å². The van der Waals surface area contributed by atoms with Gasteiger partial charge in [0.15, 0.2) is 5.96 Å². The van der Waals surface area contributed by atoms with Gasteiger partial charge in [0.2, 0.25) is 0 Å². The van der Waals surface area contributed by atoms with Crippen LogP contribution in [0.25, 0.3) is 0 Å². The monoisotopic (exact) mass is 559 g/mol. The maximum absolute atomic E-state index is 5.57. The van der Waals surface area contributed by atoms with Crippen LogP contribution in [0.3, 0.4) is 0 Å². The van der Waals surface area contributed by atoms with Crippen LogP contribution in [0.15, 0.2) is 29.3 Å². The third kappa shape index (κ3) is 8.68. The highest BCUT2D eigenvalue weighted by atomic mass is 127. The standard InChI is InChI=1S/C24H41N5O2.HI/c1-20(19-28-11-5-4-6-12-28)17-26-24(25-2)27-18-23(29-13-15-31-16-14-29)21-7-9-22(30-3)10-8-21;/h7-10,20,23H,4-6,11-19H2,1-3H3,(H2,25,26,27);1H. The van der Waals surface area contributed by atoms with Crippen molar-refractivity contribution in [3.8, 4) is 5.75 Å². The van der Waals surface area contributed by atoms with E-state index in [1.807, 2.05) is 19.2 Å². The third-order valence-electron chi connectivity index (χ3n) is 6.31. The lowest BCUT2D eigenvalue weighted by atomic mass is 10.0. The lowest BCUT2D eigenvalue weighted by Gasteiger charge is -2.35. The van der Waals surface area contributed by atoms with Crippen LogP contribution >= 0.6 is 24.0 Å². The van der Waals surface area contributed by atoms with Crippen molar-refractivity contribution in [3.05, 3.63) is 29.8 Å². The Hall–Kier alpha value is -1.10. The van der Waals surface area contributed by atoms with Crippen LogP contribution in [-0.4, -0.2) is 88.9 Å². The molecule has 0 radical (unpaired) electrons. The number of benzene rings is 1. The molecule has 2 atom stereocenters. The fourth-order valence-electron chi connectivity index (χ4n) is 4.51. The number of morpholine rings is 1. The molecular weight excluding hydrogens is 517 g/mol. The molecule has 2 saturated heterocycles. The zero-order chi connectivity index (χ0) is 21.9. The van der Waals surface area contributed by atoms with Crippen molar-refractivity contribution in [2.45, 2.75) is 32.2 Å². The van der Waals surface area contributed by atoms with Gasteiger partial charge in [0, 0.05) is 39.8 Å². The molecular formula is C24H42IN5O2. The Kier molecular flexibility index (Phi) is 12.7. The van der Waals surface area contributed by atoms with Crippen molar-refractivity contribution in [3.63, 3.8) is 0 Å². The van der Waals surface area contributed by atoms with E-state index in [9.17, 15) is 0 Å². The van der Waals surface area contributed by atoms with E-state index in [2.05, 4.69) is 44.5 Å². The van der Waals surface area contributed by atoms with Crippen LogP contribution in [0.5, 0.6) is 5.75 Å². The van der Waals surface area contributed by atoms with E-state index in [1.165, 1.54) is 37.9 Å². The minimum atomic E-state index is 0. The summed E-state index contributed by atoms with van der Waals surface area (Å²) >= 11 is 0. The second-order valence-electron chi connectivity index (χ2n) is 8.74. The van der Waals surface area contributed by atoms with Gasteiger partial charge in [-0.2, -0.15) is 0 Å². The molecule has 0 aliphatic carbocycles. The van der Waals surface area contributed by atoms with Crippen LogP contribution < -0.4 is 15.4 Å². The van der Waals surface area contributed by atoms with Gasteiger partial charge in [0.1, 0.15) is 5.75 Å². The molecule has 0 spiro atoms. The van der Waals surface area contributed by atoms with Crippen LogP contribution in [0.4, 0.5) is 0 Å². The molecule has 0 saturated carbocycles. The van der Waals surface area contributed by atoms with Crippen LogP contribution in [0.1, 0.15) is 37.8 Å². The number of guanidine groups is 1. The minimum absolute atomic E-state index is 0. The zero-order valence-corrected chi connectivity index (χ0v) is 22.3. The first-order chi connectivity index (χ1) is 15.2. The maximum atomic E-state index is 5.57. The molecule has 8 heteroatoms. The first-order valence-corrected chi connectivity index (χ1v) is 11.8. The van der Waals surface area contributed by atoms with Gasteiger partial charge in [-0.05, 0) is 49.5 Å². The van der Waals surface area contributed by atoms with E-state index < -0.39 is 0 Å². The van der Waals surface area contributed by atoms with Crippen molar-refractivity contribution in [2.75, 3.05) is 73.2 Å². The number of nitrogens with zero attached hydrogens (tertiary/aromatic N) is 3. The fourth-order valence-corrected chi connectivity index (χ4v) is 4.51. The quantitative estimate of drug-likeness (QED) is 0.276. The lowest BCUT2D eigenvalue weighted by Crippen LogP contribution is -2.47. The Balaban J connectivity index is 0.00000363. The number of ether oxygens (including phenoxy) is 2. The van der Waals surface area contributed by atoms with Crippen LogP contribution in [-0.2, 0) is 4.74 Å².